The summed E-state index contributed by atoms with van der Waals surface area (Å²) >= 11 is 0. The first-order chi connectivity index (χ1) is 19.0. The number of nitrogens with zero attached hydrogens (tertiary/aromatic N) is 1. The molecule has 1 aliphatic heterocycles. The largest absolute Gasteiger partial charge is 0.502 e. The molecule has 1 aliphatic rings. The molecule has 0 aliphatic carbocycles. The number of aromatic hydroxyl groups is 1. The van der Waals surface area contributed by atoms with Gasteiger partial charge in [0.05, 0.1) is 26.4 Å². The van der Waals surface area contributed by atoms with Gasteiger partial charge in [0.25, 0.3) is 0 Å². The standard InChI is InChI=1S/C32H38N2O5/c1-37-29-21-23(22-30(38-2)31(29)36)13-14-28(35)27(33)17-20-34-18-15-26(16-19-34)39-32(24-9-5-3-6-10-24)25-11-7-4-8-12-25/h3-14,21-22,26-27,32,36H,15-20,33H2,1-2H3. The van der Waals surface area contributed by atoms with Crippen LogP contribution in [0.15, 0.2) is 78.9 Å². The number of benzene rings is 3. The van der Waals surface area contributed by atoms with Crippen molar-refractivity contribution in [1.29, 1.82) is 0 Å². The monoisotopic (exact) mass is 530 g/mol. The Kier molecular flexibility index (Phi) is 10.1. The molecular formula is C32H38N2O5. The molecule has 3 aromatic carbocycles. The molecule has 1 unspecified atom stereocenters. The van der Waals surface area contributed by atoms with Gasteiger partial charge >= 0.3 is 0 Å². The van der Waals surface area contributed by atoms with Crippen LogP contribution in [0.4, 0.5) is 0 Å². The molecule has 0 amide bonds. The van der Waals surface area contributed by atoms with Crippen molar-refractivity contribution in [3.63, 3.8) is 0 Å². The normalized spacial score (nSPS) is 15.5. The lowest BCUT2D eigenvalue weighted by Crippen LogP contribution is -2.41. The highest BCUT2D eigenvalue weighted by Gasteiger charge is 2.25. The van der Waals surface area contributed by atoms with Gasteiger partial charge in [-0.05, 0) is 54.2 Å². The molecule has 206 valence electrons. The molecule has 7 nitrogen and oxygen atoms in total. The summed E-state index contributed by atoms with van der Waals surface area (Å²) in [6.45, 7) is 2.57. The molecule has 4 rings (SSSR count). The number of methoxy groups -OCH3 is 2. The Labute approximate surface area is 230 Å². The summed E-state index contributed by atoms with van der Waals surface area (Å²) in [5.41, 5.74) is 9.21. The van der Waals surface area contributed by atoms with Crippen molar-refractivity contribution < 1.29 is 24.1 Å². The SMILES string of the molecule is COc1cc(C=CC(=O)C(N)CCN2CCC(OC(c3ccccc3)c3ccccc3)CC2)cc(OC)c1O. The molecule has 1 heterocycles. The van der Waals surface area contributed by atoms with Crippen molar-refractivity contribution >= 4 is 11.9 Å². The van der Waals surface area contributed by atoms with E-state index in [4.69, 9.17) is 19.9 Å². The fraction of sp³-hybridized carbons (Fsp3) is 0.344. The van der Waals surface area contributed by atoms with E-state index >= 15 is 0 Å². The summed E-state index contributed by atoms with van der Waals surface area (Å²) < 4.78 is 17.0. The van der Waals surface area contributed by atoms with Crippen molar-refractivity contribution in [2.45, 2.75) is 37.5 Å². The third-order valence-corrected chi connectivity index (χ3v) is 7.13. The first kappa shape index (κ1) is 28.4. The second kappa shape index (κ2) is 13.9. The topological polar surface area (TPSA) is 94.3 Å². The van der Waals surface area contributed by atoms with E-state index in [9.17, 15) is 9.90 Å². The number of rotatable bonds is 12. The van der Waals surface area contributed by atoms with E-state index in [1.54, 1.807) is 18.2 Å². The summed E-state index contributed by atoms with van der Waals surface area (Å²) in [6.07, 6.45) is 5.66. The van der Waals surface area contributed by atoms with Crippen molar-refractivity contribution in [3.8, 4) is 17.2 Å². The number of carbonyl (C=O) groups is 1. The summed E-state index contributed by atoms with van der Waals surface area (Å²) in [5.74, 6) is 0.326. The zero-order valence-corrected chi connectivity index (χ0v) is 22.7. The van der Waals surface area contributed by atoms with Crippen LogP contribution in [0.25, 0.3) is 6.08 Å². The molecule has 1 atom stereocenters. The fourth-order valence-corrected chi connectivity index (χ4v) is 4.84. The van der Waals surface area contributed by atoms with Crippen LogP contribution < -0.4 is 15.2 Å². The highest BCUT2D eigenvalue weighted by Crippen LogP contribution is 2.37. The maximum Gasteiger partial charge on any atom is 0.200 e. The smallest absolute Gasteiger partial charge is 0.200 e. The van der Waals surface area contributed by atoms with E-state index in [-0.39, 0.29) is 35.2 Å². The lowest BCUT2D eigenvalue weighted by atomic mass is 10.00. The fourth-order valence-electron chi connectivity index (χ4n) is 4.84. The molecule has 39 heavy (non-hydrogen) atoms. The third kappa shape index (κ3) is 7.69. The minimum atomic E-state index is -0.586. The number of ketones is 1. The number of ether oxygens (including phenoxy) is 3. The van der Waals surface area contributed by atoms with E-state index in [2.05, 4.69) is 53.4 Å². The molecule has 3 N–H and O–H groups in total. The second-order valence-electron chi connectivity index (χ2n) is 9.78. The third-order valence-electron chi connectivity index (χ3n) is 7.13. The number of phenols is 1. The van der Waals surface area contributed by atoms with Gasteiger partial charge in [-0.25, -0.2) is 0 Å². The van der Waals surface area contributed by atoms with Crippen molar-refractivity contribution in [1.82, 2.24) is 4.90 Å². The van der Waals surface area contributed by atoms with Gasteiger partial charge in [-0.2, -0.15) is 0 Å². The number of hydrogen-bond acceptors (Lipinski definition) is 7. The van der Waals surface area contributed by atoms with E-state index in [1.807, 2.05) is 12.1 Å². The molecule has 0 saturated carbocycles. The number of carbonyl (C=O) groups excluding carboxylic acids is 1. The van der Waals surface area contributed by atoms with Gasteiger partial charge in [0.15, 0.2) is 17.3 Å². The zero-order chi connectivity index (χ0) is 27.6. The second-order valence-corrected chi connectivity index (χ2v) is 9.78. The van der Waals surface area contributed by atoms with Crippen LogP contribution in [-0.2, 0) is 9.53 Å². The first-order valence-electron chi connectivity index (χ1n) is 13.4. The Balaban J connectivity index is 1.26. The first-order valence-corrected chi connectivity index (χ1v) is 13.4. The molecular weight excluding hydrogens is 492 g/mol. The highest BCUT2D eigenvalue weighted by atomic mass is 16.5. The van der Waals surface area contributed by atoms with Crippen LogP contribution in [0.3, 0.4) is 0 Å². The van der Waals surface area contributed by atoms with Gasteiger partial charge in [-0.3, -0.25) is 4.79 Å². The lowest BCUT2D eigenvalue weighted by Gasteiger charge is -2.34. The molecule has 0 spiro atoms. The Morgan fingerprint density at radius 2 is 1.51 bits per heavy atom. The number of phenolic OH excluding ortho intramolecular Hbond substituents is 1. The van der Waals surface area contributed by atoms with E-state index in [1.165, 1.54) is 20.3 Å². The van der Waals surface area contributed by atoms with E-state index < -0.39 is 6.04 Å². The van der Waals surface area contributed by atoms with E-state index in [0.717, 1.165) is 43.6 Å². The average Bonchev–Trinajstić information content (AvgIpc) is 2.99. The molecule has 7 heteroatoms. The number of nitrogens with two attached hydrogens (primary N) is 1. The molecule has 1 fully saturated rings. The maximum atomic E-state index is 12.6. The zero-order valence-electron chi connectivity index (χ0n) is 22.7. The number of hydrogen-bond donors (Lipinski definition) is 2. The lowest BCUT2D eigenvalue weighted by molar-refractivity contribution is -0.116. The quantitative estimate of drug-likeness (QED) is 0.319. The minimum absolute atomic E-state index is 0.0787. The minimum Gasteiger partial charge on any atom is -0.502 e. The Morgan fingerprint density at radius 3 is 2.03 bits per heavy atom. The van der Waals surface area contributed by atoms with Gasteiger partial charge in [-0.1, -0.05) is 66.7 Å². The van der Waals surface area contributed by atoms with Crippen molar-refractivity contribution in [3.05, 3.63) is 95.6 Å². The van der Waals surface area contributed by atoms with Crippen LogP contribution in [0.2, 0.25) is 0 Å². The number of likely N-dealkylation sites (tertiary alicyclic amines) is 1. The predicted molar refractivity (Wildman–Crippen MR) is 153 cm³/mol. The van der Waals surface area contributed by atoms with Crippen molar-refractivity contribution in [2.75, 3.05) is 33.9 Å². The average molecular weight is 531 g/mol. The van der Waals surface area contributed by atoms with Crippen LogP contribution in [0, 0.1) is 0 Å². The molecule has 3 aromatic rings. The summed E-state index contributed by atoms with van der Waals surface area (Å²) in [4.78, 5) is 15.0. The maximum absolute atomic E-state index is 12.6. The molecule has 0 radical (unpaired) electrons. The Hall–Kier alpha value is -3.65. The van der Waals surface area contributed by atoms with Crippen LogP contribution in [0.5, 0.6) is 17.2 Å². The van der Waals surface area contributed by atoms with Gasteiger partial charge in [0, 0.05) is 19.6 Å². The van der Waals surface area contributed by atoms with Gasteiger partial charge < -0.3 is 30.0 Å². The Morgan fingerprint density at radius 1 is 0.974 bits per heavy atom. The predicted octanol–water partition coefficient (Wildman–Crippen LogP) is 4.98. The van der Waals surface area contributed by atoms with Gasteiger partial charge in [-0.15, -0.1) is 0 Å². The summed E-state index contributed by atoms with van der Waals surface area (Å²) in [7, 11) is 2.92. The van der Waals surface area contributed by atoms with Crippen LogP contribution >= 0.6 is 0 Å². The Bertz CT molecular complexity index is 1160. The van der Waals surface area contributed by atoms with Crippen molar-refractivity contribution in [2.24, 2.45) is 5.73 Å². The van der Waals surface area contributed by atoms with Gasteiger partial charge in [0.2, 0.25) is 5.75 Å². The van der Waals surface area contributed by atoms with E-state index in [0.29, 0.717) is 12.0 Å². The number of piperidine rings is 1. The van der Waals surface area contributed by atoms with Gasteiger partial charge in [0.1, 0.15) is 6.10 Å². The molecule has 0 bridgehead atoms. The molecule has 0 aromatic heterocycles. The van der Waals surface area contributed by atoms with Crippen LogP contribution in [0.1, 0.15) is 42.1 Å². The summed E-state index contributed by atoms with van der Waals surface area (Å²) in [6, 6.07) is 23.4. The van der Waals surface area contributed by atoms with Crippen LogP contribution in [-0.4, -0.2) is 61.8 Å². The summed E-state index contributed by atoms with van der Waals surface area (Å²) in [5, 5.41) is 10.1. The highest BCUT2D eigenvalue weighted by molar-refractivity contribution is 5.97. The molecule has 1 saturated heterocycles.